The highest BCUT2D eigenvalue weighted by atomic mass is 28.4. The predicted octanol–water partition coefficient (Wildman–Crippen LogP) is 7.54. The van der Waals surface area contributed by atoms with E-state index in [0.29, 0.717) is 19.4 Å². The second kappa shape index (κ2) is 15.7. The van der Waals surface area contributed by atoms with E-state index in [2.05, 4.69) is 46.1 Å². The van der Waals surface area contributed by atoms with E-state index in [4.69, 9.17) is 4.43 Å². The molecule has 1 aromatic carbocycles. The molecule has 2 N–H and O–H groups in total. The van der Waals surface area contributed by atoms with Crippen LogP contribution in [-0.4, -0.2) is 32.0 Å². The largest absolute Gasteiger partial charge is 0.415 e. The van der Waals surface area contributed by atoms with Gasteiger partial charge in [0, 0.05) is 6.42 Å². The topological polar surface area (TPSA) is 58.6 Å². The number of amides is 1. The number of hydrogen-bond donors (Lipinski definition) is 2. The van der Waals surface area contributed by atoms with Gasteiger partial charge in [0.05, 0.1) is 18.8 Å². The average molecular weight is 478 g/mol. The first-order valence-electron chi connectivity index (χ1n) is 13.2. The van der Waals surface area contributed by atoms with Gasteiger partial charge in [-0.1, -0.05) is 109 Å². The SMILES string of the molecule is CCCCCCCCCCCC(=O)NC(CO[Si](C)(C)C(C)(C)C)C[C@@H](O)c1ccccc1. The lowest BCUT2D eigenvalue weighted by Crippen LogP contribution is -2.46. The van der Waals surface area contributed by atoms with E-state index in [9.17, 15) is 9.90 Å². The van der Waals surface area contributed by atoms with E-state index in [1.807, 2.05) is 30.3 Å². The fourth-order valence-corrected chi connectivity index (χ4v) is 4.72. The number of carbonyl (C=O) groups excluding carboxylic acids is 1. The summed E-state index contributed by atoms with van der Waals surface area (Å²) in [6.07, 6.45) is 11.6. The minimum atomic E-state index is -1.93. The van der Waals surface area contributed by atoms with Crippen molar-refractivity contribution in [1.29, 1.82) is 0 Å². The van der Waals surface area contributed by atoms with Gasteiger partial charge in [-0.25, -0.2) is 0 Å². The molecular formula is C28H51NO3Si. The minimum Gasteiger partial charge on any atom is -0.415 e. The highest BCUT2D eigenvalue weighted by Crippen LogP contribution is 2.36. The lowest BCUT2D eigenvalue weighted by atomic mass is 10.0. The molecule has 190 valence electrons. The second-order valence-electron chi connectivity index (χ2n) is 11.1. The van der Waals surface area contributed by atoms with Crippen LogP contribution in [0.15, 0.2) is 30.3 Å². The molecule has 0 bridgehead atoms. The van der Waals surface area contributed by atoms with Gasteiger partial charge in [-0.05, 0) is 36.5 Å². The molecule has 0 aromatic heterocycles. The number of aliphatic hydroxyl groups excluding tert-OH is 1. The Bertz CT molecular complexity index is 642. The Labute approximate surface area is 205 Å². The first-order chi connectivity index (χ1) is 15.6. The quantitative estimate of drug-likeness (QED) is 0.180. The summed E-state index contributed by atoms with van der Waals surface area (Å²) in [7, 11) is -1.93. The third kappa shape index (κ3) is 12.7. The van der Waals surface area contributed by atoms with E-state index < -0.39 is 14.4 Å². The summed E-state index contributed by atoms with van der Waals surface area (Å²) in [6, 6.07) is 9.48. The smallest absolute Gasteiger partial charge is 0.220 e. The molecule has 0 spiro atoms. The number of rotatable bonds is 17. The summed E-state index contributed by atoms with van der Waals surface area (Å²) in [5, 5.41) is 14.0. The maximum atomic E-state index is 12.7. The first kappa shape index (κ1) is 29.9. The minimum absolute atomic E-state index is 0.0713. The van der Waals surface area contributed by atoms with Crippen molar-refractivity contribution < 1.29 is 14.3 Å². The van der Waals surface area contributed by atoms with Gasteiger partial charge < -0.3 is 14.8 Å². The standard InChI is InChI=1S/C28H51NO3Si/c1-7-8-9-10-11-12-13-14-18-21-27(31)29-25(23-32-33(5,6)28(2,3)4)22-26(30)24-19-16-15-17-20-24/h15-17,19-20,25-26,30H,7-14,18,21-23H2,1-6H3,(H,29,31)/t25?,26-/m1/s1. The van der Waals surface area contributed by atoms with Crippen LogP contribution in [0.4, 0.5) is 0 Å². The van der Waals surface area contributed by atoms with Crippen LogP contribution in [0.5, 0.6) is 0 Å². The van der Waals surface area contributed by atoms with Gasteiger partial charge in [0.25, 0.3) is 0 Å². The van der Waals surface area contributed by atoms with E-state index in [-0.39, 0.29) is 17.0 Å². The van der Waals surface area contributed by atoms with Crippen LogP contribution in [0.3, 0.4) is 0 Å². The molecule has 5 heteroatoms. The predicted molar refractivity (Wildman–Crippen MR) is 143 cm³/mol. The summed E-state index contributed by atoms with van der Waals surface area (Å²) in [6.45, 7) is 13.8. The third-order valence-corrected chi connectivity index (χ3v) is 11.5. The molecule has 1 rings (SSSR count). The number of benzene rings is 1. The van der Waals surface area contributed by atoms with E-state index in [0.717, 1.165) is 18.4 Å². The van der Waals surface area contributed by atoms with Crippen LogP contribution in [0, 0.1) is 0 Å². The van der Waals surface area contributed by atoms with Crippen molar-refractivity contribution in [2.45, 2.75) is 129 Å². The Morgan fingerprint density at radius 1 is 0.970 bits per heavy atom. The third-order valence-electron chi connectivity index (χ3n) is 7.02. The molecule has 1 amide bonds. The normalized spacial score (nSPS) is 14.2. The number of aliphatic hydroxyl groups is 1. The average Bonchev–Trinajstić information content (AvgIpc) is 2.76. The Hall–Kier alpha value is -1.17. The van der Waals surface area contributed by atoms with Gasteiger partial charge in [-0.15, -0.1) is 0 Å². The number of carbonyl (C=O) groups is 1. The lowest BCUT2D eigenvalue weighted by Gasteiger charge is -2.37. The van der Waals surface area contributed by atoms with Crippen LogP contribution < -0.4 is 5.32 Å². The zero-order valence-corrected chi connectivity index (χ0v) is 23.3. The van der Waals surface area contributed by atoms with Crippen molar-refractivity contribution in [2.75, 3.05) is 6.61 Å². The zero-order chi connectivity index (χ0) is 24.7. The monoisotopic (exact) mass is 477 g/mol. The highest BCUT2D eigenvalue weighted by Gasteiger charge is 2.37. The molecule has 0 radical (unpaired) electrons. The molecule has 0 fully saturated rings. The zero-order valence-electron chi connectivity index (χ0n) is 22.3. The summed E-state index contributed by atoms with van der Waals surface area (Å²) >= 11 is 0. The summed E-state index contributed by atoms with van der Waals surface area (Å²) in [5.41, 5.74) is 0.878. The van der Waals surface area contributed by atoms with Crippen molar-refractivity contribution >= 4 is 14.2 Å². The van der Waals surface area contributed by atoms with E-state index in [1.54, 1.807) is 0 Å². The van der Waals surface area contributed by atoms with Gasteiger partial charge in [-0.3, -0.25) is 4.79 Å². The Kier molecular flexibility index (Phi) is 14.2. The van der Waals surface area contributed by atoms with Crippen molar-refractivity contribution in [3.63, 3.8) is 0 Å². The fourth-order valence-electron chi connectivity index (χ4n) is 3.67. The Morgan fingerprint density at radius 2 is 1.52 bits per heavy atom. The molecule has 1 unspecified atom stereocenters. The van der Waals surface area contributed by atoms with Crippen molar-refractivity contribution in [1.82, 2.24) is 5.32 Å². The molecule has 0 heterocycles. The van der Waals surface area contributed by atoms with Gasteiger partial charge in [0.2, 0.25) is 5.91 Å². The molecule has 0 saturated carbocycles. The molecule has 33 heavy (non-hydrogen) atoms. The maximum absolute atomic E-state index is 12.7. The number of hydrogen-bond acceptors (Lipinski definition) is 3. The molecule has 2 atom stereocenters. The Morgan fingerprint density at radius 3 is 2.06 bits per heavy atom. The summed E-state index contributed by atoms with van der Waals surface area (Å²) in [5.74, 6) is 0.0713. The molecule has 1 aromatic rings. The van der Waals surface area contributed by atoms with Gasteiger partial charge in [0.1, 0.15) is 0 Å². The fraction of sp³-hybridized carbons (Fsp3) is 0.750. The molecule has 0 aliphatic rings. The van der Waals surface area contributed by atoms with Crippen LogP contribution >= 0.6 is 0 Å². The maximum Gasteiger partial charge on any atom is 0.220 e. The van der Waals surface area contributed by atoms with E-state index >= 15 is 0 Å². The second-order valence-corrected chi connectivity index (χ2v) is 15.9. The molecular weight excluding hydrogens is 426 g/mol. The number of unbranched alkanes of at least 4 members (excludes halogenated alkanes) is 8. The van der Waals surface area contributed by atoms with Gasteiger partial charge >= 0.3 is 0 Å². The molecule has 0 aliphatic heterocycles. The highest BCUT2D eigenvalue weighted by molar-refractivity contribution is 6.74. The van der Waals surface area contributed by atoms with Crippen LogP contribution in [0.2, 0.25) is 18.1 Å². The van der Waals surface area contributed by atoms with Gasteiger partial charge in [-0.2, -0.15) is 0 Å². The summed E-state index contributed by atoms with van der Waals surface area (Å²) < 4.78 is 6.40. The Balaban J connectivity index is 2.51. The molecule has 0 saturated heterocycles. The van der Waals surface area contributed by atoms with Crippen molar-refractivity contribution in [3.05, 3.63) is 35.9 Å². The van der Waals surface area contributed by atoms with Gasteiger partial charge in [0.15, 0.2) is 8.32 Å². The first-order valence-corrected chi connectivity index (χ1v) is 16.1. The molecule has 4 nitrogen and oxygen atoms in total. The number of nitrogens with one attached hydrogen (secondary N) is 1. The van der Waals surface area contributed by atoms with Crippen LogP contribution in [0.25, 0.3) is 0 Å². The van der Waals surface area contributed by atoms with Crippen molar-refractivity contribution in [3.8, 4) is 0 Å². The van der Waals surface area contributed by atoms with Crippen LogP contribution in [-0.2, 0) is 9.22 Å². The molecule has 0 aliphatic carbocycles. The van der Waals surface area contributed by atoms with E-state index in [1.165, 1.54) is 44.9 Å². The summed E-state index contributed by atoms with van der Waals surface area (Å²) in [4.78, 5) is 12.7. The van der Waals surface area contributed by atoms with Crippen molar-refractivity contribution in [2.24, 2.45) is 0 Å². The van der Waals surface area contributed by atoms with Crippen LogP contribution in [0.1, 0.15) is 110 Å². The lowest BCUT2D eigenvalue weighted by molar-refractivity contribution is -0.122.